The first-order valence-electron chi connectivity index (χ1n) is 8.88. The smallest absolute Gasteiger partial charge is 0.161 e. The summed E-state index contributed by atoms with van der Waals surface area (Å²) < 4.78 is 13.1. The number of aromatic hydroxyl groups is 1. The number of pyridine rings is 1. The molecule has 1 aliphatic rings. The van der Waals surface area contributed by atoms with Gasteiger partial charge in [0.15, 0.2) is 11.5 Å². The number of rotatable bonds is 5. The molecule has 1 saturated heterocycles. The highest BCUT2D eigenvalue weighted by atomic mass is 16.5. The summed E-state index contributed by atoms with van der Waals surface area (Å²) in [6.07, 6.45) is 2.41. The van der Waals surface area contributed by atoms with Gasteiger partial charge in [-0.3, -0.25) is 4.40 Å². The molecule has 6 nitrogen and oxygen atoms in total. The van der Waals surface area contributed by atoms with Crippen LogP contribution in [0.15, 0.2) is 36.4 Å². The van der Waals surface area contributed by atoms with Crippen LogP contribution >= 0.6 is 0 Å². The van der Waals surface area contributed by atoms with E-state index in [1.165, 1.54) is 0 Å². The Hall–Kier alpha value is -2.73. The Morgan fingerprint density at radius 3 is 3.00 bits per heavy atom. The van der Waals surface area contributed by atoms with Gasteiger partial charge in [-0.05, 0) is 50.1 Å². The maximum Gasteiger partial charge on any atom is 0.161 e. The minimum atomic E-state index is 0.116. The highest BCUT2D eigenvalue weighted by Crippen LogP contribution is 2.35. The van der Waals surface area contributed by atoms with E-state index in [4.69, 9.17) is 14.5 Å². The first kappa shape index (κ1) is 16.7. The zero-order chi connectivity index (χ0) is 18.1. The Morgan fingerprint density at radius 1 is 1.35 bits per heavy atom. The van der Waals surface area contributed by atoms with E-state index >= 15 is 0 Å². The Balaban J connectivity index is 1.80. The number of hydrogen-bond donors (Lipinski definition) is 2. The molecule has 1 aromatic carbocycles. The van der Waals surface area contributed by atoms with Crippen molar-refractivity contribution in [1.29, 1.82) is 0 Å². The van der Waals surface area contributed by atoms with E-state index in [0.717, 1.165) is 54.4 Å². The van der Waals surface area contributed by atoms with Crippen molar-refractivity contribution < 1.29 is 14.6 Å². The Kier molecular flexibility index (Phi) is 4.42. The number of imidazole rings is 1. The first-order valence-corrected chi connectivity index (χ1v) is 8.88. The van der Waals surface area contributed by atoms with Crippen molar-refractivity contribution in [2.45, 2.75) is 25.9 Å². The molecule has 1 aliphatic heterocycles. The standard InChI is InChI=1S/C20H23N3O3/c1-13-5-3-7-18-22-19(14-8-9-16(24)17(11-14)25-2)20(23(13)18)21-12-15-6-4-10-26-15/h3,5,7-9,11,15,21,24H,4,6,10,12H2,1-2H3/t15-/m0/s1. The van der Waals surface area contributed by atoms with Gasteiger partial charge in [-0.25, -0.2) is 4.98 Å². The fourth-order valence-corrected chi connectivity index (χ4v) is 3.46. The number of nitrogens with one attached hydrogen (secondary N) is 1. The number of fused-ring (bicyclic) bond motifs is 1. The van der Waals surface area contributed by atoms with E-state index in [9.17, 15) is 5.11 Å². The molecule has 6 heteroatoms. The lowest BCUT2D eigenvalue weighted by molar-refractivity contribution is 0.120. The number of anilines is 1. The number of ether oxygens (including phenoxy) is 2. The molecular formula is C20H23N3O3. The predicted molar refractivity (Wildman–Crippen MR) is 101 cm³/mol. The van der Waals surface area contributed by atoms with Gasteiger partial charge in [0.2, 0.25) is 0 Å². The molecule has 4 rings (SSSR count). The Morgan fingerprint density at radius 2 is 2.23 bits per heavy atom. The zero-order valence-electron chi connectivity index (χ0n) is 15.0. The lowest BCUT2D eigenvalue weighted by atomic mass is 10.1. The maximum absolute atomic E-state index is 9.90. The van der Waals surface area contributed by atoms with Crippen LogP contribution in [0.1, 0.15) is 18.5 Å². The average molecular weight is 353 g/mol. The zero-order valence-corrected chi connectivity index (χ0v) is 15.0. The predicted octanol–water partition coefficient (Wildman–Crippen LogP) is 3.61. The third-order valence-electron chi connectivity index (χ3n) is 4.81. The summed E-state index contributed by atoms with van der Waals surface area (Å²) in [5, 5.41) is 13.4. The molecule has 0 bridgehead atoms. The van der Waals surface area contributed by atoms with Gasteiger partial charge in [0.25, 0.3) is 0 Å². The van der Waals surface area contributed by atoms with Crippen LogP contribution in [0.25, 0.3) is 16.9 Å². The number of methoxy groups -OCH3 is 1. The van der Waals surface area contributed by atoms with E-state index in [0.29, 0.717) is 5.75 Å². The monoisotopic (exact) mass is 353 g/mol. The van der Waals surface area contributed by atoms with Crippen LogP contribution in [0.3, 0.4) is 0 Å². The van der Waals surface area contributed by atoms with Crippen molar-refractivity contribution in [3.05, 3.63) is 42.1 Å². The van der Waals surface area contributed by atoms with Gasteiger partial charge in [-0.15, -0.1) is 0 Å². The summed E-state index contributed by atoms with van der Waals surface area (Å²) in [6.45, 7) is 3.64. The van der Waals surface area contributed by atoms with E-state index in [2.05, 4.69) is 22.7 Å². The second-order valence-electron chi connectivity index (χ2n) is 6.57. The van der Waals surface area contributed by atoms with Crippen molar-refractivity contribution >= 4 is 11.5 Å². The van der Waals surface area contributed by atoms with Crippen LogP contribution in [0, 0.1) is 6.92 Å². The van der Waals surface area contributed by atoms with Crippen LogP contribution in [-0.2, 0) is 4.74 Å². The first-order chi connectivity index (χ1) is 12.7. The van der Waals surface area contributed by atoms with Crippen molar-refractivity contribution in [2.24, 2.45) is 0 Å². The number of aryl methyl sites for hydroxylation is 1. The third-order valence-corrected chi connectivity index (χ3v) is 4.81. The highest BCUT2D eigenvalue weighted by Gasteiger charge is 2.20. The molecule has 3 heterocycles. The lowest BCUT2D eigenvalue weighted by Gasteiger charge is -2.14. The summed E-state index contributed by atoms with van der Waals surface area (Å²) in [7, 11) is 1.54. The van der Waals surface area contributed by atoms with Gasteiger partial charge < -0.3 is 19.9 Å². The van der Waals surface area contributed by atoms with E-state index in [1.807, 2.05) is 24.3 Å². The summed E-state index contributed by atoms with van der Waals surface area (Å²) >= 11 is 0. The molecule has 0 spiro atoms. The van der Waals surface area contributed by atoms with Crippen LogP contribution in [0.4, 0.5) is 5.82 Å². The van der Waals surface area contributed by atoms with Gasteiger partial charge >= 0.3 is 0 Å². The van der Waals surface area contributed by atoms with Crippen molar-refractivity contribution in [2.75, 3.05) is 25.6 Å². The molecule has 1 atom stereocenters. The van der Waals surface area contributed by atoms with Gasteiger partial charge in [0.05, 0.1) is 13.2 Å². The van der Waals surface area contributed by atoms with E-state index in [-0.39, 0.29) is 11.9 Å². The molecule has 2 N–H and O–H groups in total. The molecular weight excluding hydrogens is 330 g/mol. The Bertz CT molecular complexity index is 929. The lowest BCUT2D eigenvalue weighted by Crippen LogP contribution is -2.19. The summed E-state index contributed by atoms with van der Waals surface area (Å²) in [4.78, 5) is 4.82. The van der Waals surface area contributed by atoms with Crippen LogP contribution in [0.5, 0.6) is 11.5 Å². The summed E-state index contributed by atoms with van der Waals surface area (Å²) in [6, 6.07) is 11.4. The van der Waals surface area contributed by atoms with Gasteiger partial charge in [-0.1, -0.05) is 6.07 Å². The molecule has 0 radical (unpaired) electrons. The normalized spacial score (nSPS) is 16.9. The molecule has 0 saturated carbocycles. The number of benzene rings is 1. The maximum atomic E-state index is 9.90. The fourth-order valence-electron chi connectivity index (χ4n) is 3.46. The second kappa shape index (κ2) is 6.88. The number of phenols is 1. The average Bonchev–Trinajstić information content (AvgIpc) is 3.28. The van der Waals surface area contributed by atoms with Gasteiger partial charge in [0.1, 0.15) is 17.2 Å². The number of aromatic nitrogens is 2. The third kappa shape index (κ3) is 2.97. The fraction of sp³-hybridized carbons (Fsp3) is 0.350. The molecule has 0 amide bonds. The molecule has 0 unspecified atom stereocenters. The molecule has 3 aromatic rings. The van der Waals surface area contributed by atoms with Gasteiger partial charge in [0, 0.05) is 24.4 Å². The van der Waals surface area contributed by atoms with Crippen LogP contribution < -0.4 is 10.1 Å². The van der Waals surface area contributed by atoms with Crippen molar-refractivity contribution in [3.8, 4) is 22.8 Å². The summed E-state index contributed by atoms with van der Waals surface area (Å²) in [5.41, 5.74) is 3.69. The summed E-state index contributed by atoms with van der Waals surface area (Å²) in [5.74, 6) is 1.48. The highest BCUT2D eigenvalue weighted by molar-refractivity contribution is 5.78. The number of phenolic OH excluding ortho intramolecular Hbond substituents is 1. The minimum absolute atomic E-state index is 0.116. The minimum Gasteiger partial charge on any atom is -0.504 e. The largest absolute Gasteiger partial charge is 0.504 e. The Labute approximate surface area is 152 Å². The van der Waals surface area contributed by atoms with Crippen LogP contribution in [-0.4, -0.2) is 40.9 Å². The van der Waals surface area contributed by atoms with Crippen LogP contribution in [0.2, 0.25) is 0 Å². The number of nitrogens with zero attached hydrogens (tertiary/aromatic N) is 2. The number of hydrogen-bond acceptors (Lipinski definition) is 5. The topological polar surface area (TPSA) is 68.0 Å². The quantitative estimate of drug-likeness (QED) is 0.733. The molecule has 0 aliphatic carbocycles. The second-order valence-corrected chi connectivity index (χ2v) is 6.57. The molecule has 2 aromatic heterocycles. The molecule has 1 fully saturated rings. The van der Waals surface area contributed by atoms with E-state index in [1.54, 1.807) is 13.2 Å². The van der Waals surface area contributed by atoms with Crippen molar-refractivity contribution in [3.63, 3.8) is 0 Å². The van der Waals surface area contributed by atoms with Crippen molar-refractivity contribution in [1.82, 2.24) is 9.38 Å². The van der Waals surface area contributed by atoms with Gasteiger partial charge in [-0.2, -0.15) is 0 Å². The molecule has 136 valence electrons. The van der Waals surface area contributed by atoms with E-state index < -0.39 is 0 Å². The SMILES string of the molecule is COc1cc(-c2nc3cccc(C)n3c2NC[C@@H]2CCCO2)ccc1O. The molecule has 26 heavy (non-hydrogen) atoms.